The summed E-state index contributed by atoms with van der Waals surface area (Å²) in [5, 5.41) is 5.98. The molecule has 0 atom stereocenters. The van der Waals surface area contributed by atoms with E-state index in [9.17, 15) is 19.2 Å². The molecule has 0 unspecified atom stereocenters. The van der Waals surface area contributed by atoms with Crippen molar-refractivity contribution in [2.75, 3.05) is 28.3 Å². The van der Waals surface area contributed by atoms with Crippen molar-refractivity contribution in [2.45, 2.75) is 114 Å². The molecule has 2 aliphatic rings. The summed E-state index contributed by atoms with van der Waals surface area (Å²) >= 11 is 0. The van der Waals surface area contributed by atoms with Crippen LogP contribution in [0.1, 0.15) is 102 Å². The molecule has 0 bridgehead atoms. The number of rotatable bonds is 6. The lowest BCUT2D eigenvalue weighted by atomic mass is 9.69. The summed E-state index contributed by atoms with van der Waals surface area (Å²) < 4.78 is 10.4. The van der Waals surface area contributed by atoms with Crippen molar-refractivity contribution in [3.8, 4) is 0 Å². The van der Waals surface area contributed by atoms with E-state index >= 15 is 0 Å². The van der Waals surface area contributed by atoms with Gasteiger partial charge in [-0.1, -0.05) is 0 Å². The Balaban J connectivity index is 1.86. The van der Waals surface area contributed by atoms with Crippen LogP contribution in [0, 0.1) is 0 Å². The van der Waals surface area contributed by atoms with E-state index in [1.54, 1.807) is 24.3 Å². The first kappa shape index (κ1) is 33.5. The van der Waals surface area contributed by atoms with E-state index in [1.807, 2.05) is 69.5 Å². The van der Waals surface area contributed by atoms with Gasteiger partial charge in [0, 0.05) is 33.3 Å². The van der Waals surface area contributed by atoms with Crippen molar-refractivity contribution in [3.63, 3.8) is 0 Å². The molecule has 1 aromatic carbocycles. The Morgan fingerprint density at radius 2 is 0.810 bits per heavy atom. The quantitative estimate of drug-likeness (QED) is 0.487. The van der Waals surface area contributed by atoms with Crippen LogP contribution in [-0.4, -0.2) is 95.1 Å². The first-order valence-corrected chi connectivity index (χ1v) is 14.5. The molecule has 2 saturated heterocycles. The SMILES string of the molecule is COC(=O)C1(NC(=O)c2ccc(C(=O)NC3(C(=O)OC)CC(C)(C)N(C)C(C)(C)C3)cc2)CC(C)(C)N(C)C(C)(C)C1. The van der Waals surface area contributed by atoms with Gasteiger partial charge in [-0.05, 0) is 119 Å². The fraction of sp³-hybridized carbons (Fsp3) is 0.688. The molecule has 0 aliphatic carbocycles. The molecule has 2 heterocycles. The van der Waals surface area contributed by atoms with Gasteiger partial charge < -0.3 is 20.1 Å². The van der Waals surface area contributed by atoms with Crippen LogP contribution in [0.25, 0.3) is 0 Å². The van der Waals surface area contributed by atoms with Crippen LogP contribution >= 0.6 is 0 Å². The van der Waals surface area contributed by atoms with Crippen LogP contribution in [0.5, 0.6) is 0 Å². The molecule has 0 spiro atoms. The number of hydrogen-bond donors (Lipinski definition) is 2. The molecule has 3 rings (SSSR count). The Bertz CT molecular complexity index is 1100. The van der Waals surface area contributed by atoms with E-state index in [1.165, 1.54) is 14.2 Å². The van der Waals surface area contributed by atoms with E-state index in [4.69, 9.17) is 9.47 Å². The number of amides is 2. The summed E-state index contributed by atoms with van der Waals surface area (Å²) in [6.45, 7) is 16.3. The minimum Gasteiger partial charge on any atom is -0.467 e. The number of carbonyl (C=O) groups excluding carboxylic acids is 4. The molecule has 234 valence electrons. The van der Waals surface area contributed by atoms with Crippen LogP contribution in [-0.2, 0) is 19.1 Å². The first-order chi connectivity index (χ1) is 19.1. The highest BCUT2D eigenvalue weighted by atomic mass is 16.5. The third kappa shape index (κ3) is 6.06. The standard InChI is InChI=1S/C32H50N4O6/c1-27(2)17-31(25(39)41-11,18-28(3,4)35(27)9)33-23(37)21-13-15-22(16-14-21)24(38)34-32(26(40)42-12)19-29(5,6)36(10)30(7,8)20-32/h13-16H,17-20H2,1-12H3,(H,33,37)(H,34,38). The number of methoxy groups -OCH3 is 2. The van der Waals surface area contributed by atoms with Gasteiger partial charge in [-0.3, -0.25) is 19.4 Å². The van der Waals surface area contributed by atoms with E-state index in [-0.39, 0.29) is 0 Å². The fourth-order valence-electron chi connectivity index (χ4n) is 7.50. The van der Waals surface area contributed by atoms with Crippen molar-refractivity contribution in [2.24, 2.45) is 0 Å². The molecule has 10 heteroatoms. The largest absolute Gasteiger partial charge is 0.467 e. The maximum absolute atomic E-state index is 13.5. The molecular weight excluding hydrogens is 536 g/mol. The topological polar surface area (TPSA) is 117 Å². The first-order valence-electron chi connectivity index (χ1n) is 14.5. The summed E-state index contributed by atoms with van der Waals surface area (Å²) in [5.41, 5.74) is -3.41. The number of benzene rings is 1. The highest BCUT2D eigenvalue weighted by Crippen LogP contribution is 2.44. The Morgan fingerprint density at radius 3 is 1.02 bits per heavy atom. The molecule has 42 heavy (non-hydrogen) atoms. The van der Waals surface area contributed by atoms with E-state index < -0.39 is 57.0 Å². The Kier molecular flexibility index (Phi) is 8.73. The maximum Gasteiger partial charge on any atom is 0.331 e. The third-order valence-corrected chi connectivity index (χ3v) is 9.84. The van der Waals surface area contributed by atoms with Crippen molar-refractivity contribution < 1.29 is 28.7 Å². The zero-order valence-electron chi connectivity index (χ0n) is 27.5. The average molecular weight is 587 g/mol. The highest BCUT2D eigenvalue weighted by molar-refractivity contribution is 6.01. The van der Waals surface area contributed by atoms with Crippen molar-refractivity contribution in [1.82, 2.24) is 20.4 Å². The van der Waals surface area contributed by atoms with Gasteiger partial charge in [0.2, 0.25) is 0 Å². The van der Waals surface area contributed by atoms with Gasteiger partial charge in [0.15, 0.2) is 0 Å². The smallest absolute Gasteiger partial charge is 0.331 e. The number of likely N-dealkylation sites (tertiary alicyclic amines) is 2. The number of carbonyl (C=O) groups is 4. The van der Waals surface area contributed by atoms with Crippen molar-refractivity contribution in [1.29, 1.82) is 0 Å². The molecule has 2 N–H and O–H groups in total. The number of nitrogens with one attached hydrogen (secondary N) is 2. The van der Waals surface area contributed by atoms with Gasteiger partial charge in [-0.15, -0.1) is 0 Å². The second-order valence-corrected chi connectivity index (χ2v) is 14.7. The molecule has 2 amide bonds. The summed E-state index contributed by atoms with van der Waals surface area (Å²) in [4.78, 5) is 57.7. The van der Waals surface area contributed by atoms with Gasteiger partial charge in [-0.2, -0.15) is 0 Å². The molecule has 2 aliphatic heterocycles. The molecule has 0 radical (unpaired) electrons. The molecule has 10 nitrogen and oxygen atoms in total. The van der Waals surface area contributed by atoms with Gasteiger partial charge >= 0.3 is 11.9 Å². The van der Waals surface area contributed by atoms with Gasteiger partial charge in [0.05, 0.1) is 14.2 Å². The molecule has 1 aromatic rings. The normalized spacial score (nSPS) is 23.7. The predicted molar refractivity (Wildman–Crippen MR) is 161 cm³/mol. The second-order valence-electron chi connectivity index (χ2n) is 14.7. The minimum absolute atomic E-state index is 0.300. The average Bonchev–Trinajstić information content (AvgIpc) is 2.88. The number of esters is 2. The van der Waals surface area contributed by atoms with Crippen LogP contribution in [0.2, 0.25) is 0 Å². The van der Waals surface area contributed by atoms with Gasteiger partial charge in [-0.25, -0.2) is 9.59 Å². The summed E-state index contributed by atoms with van der Waals surface area (Å²) in [6, 6.07) is 6.20. The van der Waals surface area contributed by atoms with Crippen LogP contribution in [0.15, 0.2) is 24.3 Å². The highest BCUT2D eigenvalue weighted by Gasteiger charge is 2.57. The number of hydrogen-bond acceptors (Lipinski definition) is 8. The maximum atomic E-state index is 13.5. The second kappa shape index (κ2) is 10.9. The van der Waals surface area contributed by atoms with Crippen LogP contribution in [0.3, 0.4) is 0 Å². The number of ether oxygens (including phenoxy) is 2. The van der Waals surface area contributed by atoms with E-state index in [0.29, 0.717) is 36.8 Å². The summed E-state index contributed by atoms with van der Waals surface area (Å²) in [6.07, 6.45) is 1.49. The van der Waals surface area contributed by atoms with E-state index in [0.717, 1.165) is 0 Å². The monoisotopic (exact) mass is 586 g/mol. The third-order valence-electron chi connectivity index (χ3n) is 9.84. The minimum atomic E-state index is -1.22. The zero-order valence-corrected chi connectivity index (χ0v) is 27.5. The molecular formula is C32H50N4O6. The molecule has 0 aromatic heterocycles. The zero-order chi connectivity index (χ0) is 32.1. The Hall–Kier alpha value is -2.98. The summed E-state index contributed by atoms with van der Waals surface area (Å²) in [5.74, 6) is -1.85. The Labute approximate surface area is 250 Å². The van der Waals surface area contributed by atoms with Crippen LogP contribution in [0.4, 0.5) is 0 Å². The lowest BCUT2D eigenvalue weighted by Gasteiger charge is -2.57. The summed E-state index contributed by atoms with van der Waals surface area (Å²) in [7, 11) is 6.70. The molecule has 2 fully saturated rings. The van der Waals surface area contributed by atoms with Crippen molar-refractivity contribution in [3.05, 3.63) is 35.4 Å². The Morgan fingerprint density at radius 1 is 0.571 bits per heavy atom. The lowest BCUT2D eigenvalue weighted by Crippen LogP contribution is -2.71. The van der Waals surface area contributed by atoms with Gasteiger partial charge in [0.25, 0.3) is 11.8 Å². The predicted octanol–water partition coefficient (Wildman–Crippen LogP) is 3.54. The van der Waals surface area contributed by atoms with E-state index in [2.05, 4.69) is 20.4 Å². The fourth-order valence-corrected chi connectivity index (χ4v) is 7.50. The number of piperidine rings is 2. The van der Waals surface area contributed by atoms with Crippen LogP contribution < -0.4 is 10.6 Å². The van der Waals surface area contributed by atoms with Gasteiger partial charge in [0.1, 0.15) is 11.1 Å². The lowest BCUT2D eigenvalue weighted by molar-refractivity contribution is -0.158. The molecule has 0 saturated carbocycles. The van der Waals surface area contributed by atoms with Crippen molar-refractivity contribution >= 4 is 23.8 Å². The number of nitrogens with zero attached hydrogens (tertiary/aromatic N) is 2.